The second kappa shape index (κ2) is 5.13. The summed E-state index contributed by atoms with van der Waals surface area (Å²) in [4.78, 5) is 2.63. The molecule has 0 atom stereocenters. The van der Waals surface area contributed by atoms with Crippen LogP contribution in [0.4, 0.5) is 0 Å². The highest BCUT2D eigenvalue weighted by Gasteiger charge is 2.16. The molecule has 1 saturated heterocycles. The molecule has 1 aliphatic heterocycles. The lowest BCUT2D eigenvalue weighted by Crippen LogP contribution is -2.39. The third-order valence-electron chi connectivity index (χ3n) is 3.18. The summed E-state index contributed by atoms with van der Waals surface area (Å²) in [6.45, 7) is 7.65. The number of hydrogen-bond donors (Lipinski definition) is 0. The molecule has 0 saturated carbocycles. The minimum absolute atomic E-state index is 0.963. The number of likely N-dealkylation sites (tertiary alicyclic amines) is 1. The van der Waals surface area contributed by atoms with E-state index in [4.69, 9.17) is 0 Å². The average molecular weight is 199 g/mol. The molecule has 1 heterocycles. The van der Waals surface area contributed by atoms with Crippen LogP contribution < -0.4 is 0 Å². The molecule has 1 fully saturated rings. The fraction of sp³-hybridized carbons (Fsp3) is 1.00. The van der Waals surface area contributed by atoms with Crippen LogP contribution in [0.5, 0.6) is 0 Å². The lowest BCUT2D eigenvalue weighted by Gasteiger charge is -2.31. The van der Waals surface area contributed by atoms with E-state index in [-0.39, 0.29) is 0 Å². The summed E-state index contributed by atoms with van der Waals surface area (Å²) in [6.07, 6.45) is 4.16. The molecule has 0 aromatic rings. The lowest BCUT2D eigenvalue weighted by molar-refractivity contribution is -0.870. The zero-order chi connectivity index (χ0) is 10.6. The van der Waals surface area contributed by atoms with Crippen molar-refractivity contribution in [2.45, 2.75) is 26.2 Å². The molecule has 0 aromatic carbocycles. The van der Waals surface area contributed by atoms with Gasteiger partial charge in [-0.1, -0.05) is 6.92 Å². The quantitative estimate of drug-likeness (QED) is 0.624. The van der Waals surface area contributed by atoms with Gasteiger partial charge in [-0.25, -0.2) is 0 Å². The van der Waals surface area contributed by atoms with Gasteiger partial charge in [-0.2, -0.15) is 0 Å². The first-order valence-corrected chi connectivity index (χ1v) is 6.00. The van der Waals surface area contributed by atoms with Gasteiger partial charge >= 0.3 is 0 Å². The minimum atomic E-state index is 0.963. The van der Waals surface area contributed by atoms with E-state index in [0.29, 0.717) is 0 Å². The van der Waals surface area contributed by atoms with E-state index >= 15 is 0 Å². The highest BCUT2D eigenvalue weighted by Crippen LogP contribution is 2.15. The van der Waals surface area contributed by atoms with Crippen molar-refractivity contribution in [1.82, 2.24) is 4.90 Å². The van der Waals surface area contributed by atoms with Crippen molar-refractivity contribution in [1.29, 1.82) is 0 Å². The zero-order valence-electron chi connectivity index (χ0n) is 10.4. The van der Waals surface area contributed by atoms with Crippen LogP contribution in [0.25, 0.3) is 0 Å². The second-order valence-corrected chi connectivity index (χ2v) is 5.89. The minimum Gasteiger partial charge on any atom is -0.331 e. The van der Waals surface area contributed by atoms with E-state index < -0.39 is 0 Å². The standard InChI is InChI=1S/C12H27N2/c1-12-6-9-13(10-7-12)8-5-11-14(2,3)4/h12H,5-11H2,1-4H3/q+1. The molecule has 84 valence electrons. The van der Waals surface area contributed by atoms with Gasteiger partial charge < -0.3 is 9.38 Å². The monoisotopic (exact) mass is 199 g/mol. The normalized spacial score (nSPS) is 21.4. The molecule has 0 bridgehead atoms. The Morgan fingerprint density at radius 2 is 1.71 bits per heavy atom. The summed E-state index contributed by atoms with van der Waals surface area (Å²) >= 11 is 0. The SMILES string of the molecule is CC1CCN(CCC[N+](C)(C)C)CC1. The molecule has 2 heteroatoms. The van der Waals surface area contributed by atoms with Crippen LogP contribution in [0.1, 0.15) is 26.2 Å². The van der Waals surface area contributed by atoms with Gasteiger partial charge in [0, 0.05) is 13.0 Å². The molecule has 0 aromatic heterocycles. The number of nitrogens with zero attached hydrogens (tertiary/aromatic N) is 2. The molecule has 0 radical (unpaired) electrons. The average Bonchev–Trinajstić information content (AvgIpc) is 2.06. The van der Waals surface area contributed by atoms with E-state index in [1.807, 2.05) is 0 Å². The molecule has 14 heavy (non-hydrogen) atoms. The number of hydrogen-bond acceptors (Lipinski definition) is 1. The Hall–Kier alpha value is -0.0800. The molecule has 0 unspecified atom stereocenters. The van der Waals surface area contributed by atoms with Gasteiger partial charge in [0.05, 0.1) is 27.7 Å². The Morgan fingerprint density at radius 3 is 2.21 bits per heavy atom. The third-order valence-corrected chi connectivity index (χ3v) is 3.18. The van der Waals surface area contributed by atoms with E-state index in [1.165, 1.54) is 45.4 Å². The highest BCUT2D eigenvalue weighted by atomic mass is 15.3. The summed E-state index contributed by atoms with van der Waals surface area (Å²) in [5, 5.41) is 0. The Labute approximate surface area is 89.5 Å². The molecule has 1 aliphatic rings. The predicted octanol–water partition coefficient (Wildman–Crippen LogP) is 1.81. The van der Waals surface area contributed by atoms with Crippen molar-refractivity contribution in [3.63, 3.8) is 0 Å². The molecule has 0 aliphatic carbocycles. The first kappa shape index (κ1) is 12.0. The maximum atomic E-state index is 2.63. The van der Waals surface area contributed by atoms with Gasteiger partial charge in [-0.3, -0.25) is 0 Å². The van der Waals surface area contributed by atoms with Gasteiger partial charge in [-0.15, -0.1) is 0 Å². The first-order chi connectivity index (χ1) is 6.47. The molecular weight excluding hydrogens is 172 g/mol. The van der Waals surface area contributed by atoms with Gasteiger partial charge in [-0.05, 0) is 31.8 Å². The van der Waals surface area contributed by atoms with Crippen molar-refractivity contribution in [3.8, 4) is 0 Å². The summed E-state index contributed by atoms with van der Waals surface area (Å²) in [5.41, 5.74) is 0. The first-order valence-electron chi connectivity index (χ1n) is 6.00. The Kier molecular flexibility index (Phi) is 4.39. The topological polar surface area (TPSA) is 3.24 Å². The maximum absolute atomic E-state index is 2.63. The number of quaternary nitrogens is 1. The van der Waals surface area contributed by atoms with Crippen LogP contribution in [0, 0.1) is 5.92 Å². The van der Waals surface area contributed by atoms with Crippen LogP contribution >= 0.6 is 0 Å². The zero-order valence-corrected chi connectivity index (χ0v) is 10.4. The van der Waals surface area contributed by atoms with Crippen LogP contribution in [0.15, 0.2) is 0 Å². The number of rotatable bonds is 4. The summed E-state index contributed by atoms with van der Waals surface area (Å²) in [7, 11) is 6.83. The van der Waals surface area contributed by atoms with Gasteiger partial charge in [0.2, 0.25) is 0 Å². The van der Waals surface area contributed by atoms with Crippen molar-refractivity contribution in [2.24, 2.45) is 5.92 Å². The van der Waals surface area contributed by atoms with Crippen molar-refractivity contribution in [3.05, 3.63) is 0 Å². The summed E-state index contributed by atoms with van der Waals surface area (Å²) in [6, 6.07) is 0. The fourth-order valence-electron chi connectivity index (χ4n) is 2.05. The molecular formula is C12H27N2+. The van der Waals surface area contributed by atoms with Crippen LogP contribution in [0.2, 0.25) is 0 Å². The summed E-state index contributed by atoms with van der Waals surface area (Å²) in [5.74, 6) is 0.963. The largest absolute Gasteiger partial charge is 0.331 e. The fourth-order valence-corrected chi connectivity index (χ4v) is 2.05. The maximum Gasteiger partial charge on any atom is 0.0792 e. The Bertz CT molecular complexity index is 152. The number of piperidine rings is 1. The Balaban J connectivity index is 2.08. The Morgan fingerprint density at radius 1 is 1.14 bits per heavy atom. The summed E-state index contributed by atoms with van der Waals surface area (Å²) < 4.78 is 1.10. The van der Waals surface area contributed by atoms with Gasteiger partial charge in [0.25, 0.3) is 0 Å². The third kappa shape index (κ3) is 4.97. The van der Waals surface area contributed by atoms with Crippen LogP contribution in [-0.2, 0) is 0 Å². The molecule has 0 amide bonds. The second-order valence-electron chi connectivity index (χ2n) is 5.89. The van der Waals surface area contributed by atoms with E-state index in [2.05, 4.69) is 33.0 Å². The van der Waals surface area contributed by atoms with Crippen molar-refractivity contribution < 1.29 is 4.48 Å². The van der Waals surface area contributed by atoms with Gasteiger partial charge in [0.1, 0.15) is 0 Å². The molecule has 2 nitrogen and oxygen atoms in total. The predicted molar refractivity (Wildman–Crippen MR) is 62.4 cm³/mol. The van der Waals surface area contributed by atoms with E-state index in [9.17, 15) is 0 Å². The smallest absolute Gasteiger partial charge is 0.0792 e. The molecule has 0 spiro atoms. The van der Waals surface area contributed by atoms with Crippen molar-refractivity contribution >= 4 is 0 Å². The highest BCUT2D eigenvalue weighted by molar-refractivity contribution is 4.68. The van der Waals surface area contributed by atoms with Crippen LogP contribution in [-0.4, -0.2) is 56.7 Å². The van der Waals surface area contributed by atoms with Gasteiger partial charge in [0.15, 0.2) is 0 Å². The molecule has 0 N–H and O–H groups in total. The molecule has 1 rings (SSSR count). The van der Waals surface area contributed by atoms with Crippen molar-refractivity contribution in [2.75, 3.05) is 47.3 Å². The van der Waals surface area contributed by atoms with E-state index in [1.54, 1.807) is 0 Å². The van der Waals surface area contributed by atoms with Crippen LogP contribution in [0.3, 0.4) is 0 Å². The lowest BCUT2D eigenvalue weighted by atomic mass is 9.99. The van der Waals surface area contributed by atoms with E-state index in [0.717, 1.165) is 10.4 Å².